The molecule has 4 unspecified atom stereocenters. The summed E-state index contributed by atoms with van der Waals surface area (Å²) >= 11 is 0. The Morgan fingerprint density at radius 3 is 2.25 bits per heavy atom. The van der Waals surface area contributed by atoms with Gasteiger partial charge in [-0.2, -0.15) is 4.31 Å². The van der Waals surface area contributed by atoms with Gasteiger partial charge in [-0.25, -0.2) is 17.6 Å². The van der Waals surface area contributed by atoms with E-state index < -0.39 is 21.8 Å². The van der Waals surface area contributed by atoms with E-state index in [4.69, 9.17) is 0 Å². The molecule has 53 heavy (non-hydrogen) atoms. The topological polar surface area (TPSA) is 89.9 Å². The number of carboxylic acids is 1. The van der Waals surface area contributed by atoms with E-state index in [1.165, 1.54) is 93.2 Å². The molecule has 2 aromatic carbocycles. The molecule has 5 fully saturated rings. The minimum atomic E-state index is -3.61. The van der Waals surface area contributed by atoms with Gasteiger partial charge in [0.2, 0.25) is 10.0 Å². The summed E-state index contributed by atoms with van der Waals surface area (Å²) in [5.41, 5.74) is 3.80. The Labute approximate surface area is 316 Å². The van der Waals surface area contributed by atoms with Gasteiger partial charge in [-0.15, -0.1) is 0 Å². The summed E-state index contributed by atoms with van der Waals surface area (Å²) in [6.07, 6.45) is 15.4. The predicted octanol–water partition coefficient (Wildman–Crippen LogP) is 8.33. The third-order valence-electron chi connectivity index (χ3n) is 16.2. The minimum Gasteiger partial charge on any atom is -0.478 e. The first-order chi connectivity index (χ1) is 25.2. The van der Waals surface area contributed by atoms with Gasteiger partial charge >= 0.3 is 5.97 Å². The maximum atomic E-state index is 13.4. The van der Waals surface area contributed by atoms with Gasteiger partial charge in [-0.3, -0.25) is 4.90 Å². The number of carbonyl (C=O) groups is 1. The summed E-state index contributed by atoms with van der Waals surface area (Å²) in [4.78, 5) is 14.1. The van der Waals surface area contributed by atoms with Crippen LogP contribution in [0.2, 0.25) is 0 Å². The van der Waals surface area contributed by atoms with Crippen LogP contribution in [-0.2, 0) is 10.0 Å². The maximum absolute atomic E-state index is 13.4. The van der Waals surface area contributed by atoms with Crippen molar-refractivity contribution in [2.45, 2.75) is 102 Å². The lowest BCUT2D eigenvalue weighted by atomic mass is 9.37. The van der Waals surface area contributed by atoms with Crippen LogP contribution in [0.4, 0.5) is 4.39 Å². The van der Waals surface area contributed by atoms with Crippen molar-refractivity contribution in [3.63, 3.8) is 0 Å². The van der Waals surface area contributed by atoms with Crippen LogP contribution in [0.5, 0.6) is 0 Å². The highest BCUT2D eigenvalue weighted by molar-refractivity contribution is 7.89. The molecule has 1 heterocycles. The number of halogens is 1. The molecule has 4 saturated carbocycles. The molecule has 8 atom stereocenters. The van der Waals surface area contributed by atoms with Crippen LogP contribution < -0.4 is 5.32 Å². The largest absolute Gasteiger partial charge is 0.478 e. The average molecular weight is 746 g/mol. The zero-order valence-corrected chi connectivity index (χ0v) is 33.1. The lowest BCUT2D eigenvalue weighted by molar-refractivity contribution is -0.172. The Morgan fingerprint density at radius 2 is 1.55 bits per heavy atom. The molecule has 0 aromatic heterocycles. The molecular formula is C44H60FN3O4S. The highest BCUT2D eigenvalue weighted by Gasteiger charge is 2.65. The molecular weight excluding hydrogens is 686 g/mol. The highest BCUT2D eigenvalue weighted by atomic mass is 32.2. The van der Waals surface area contributed by atoms with Gasteiger partial charge in [-0.1, -0.05) is 52.3 Å². The molecule has 2 aromatic rings. The van der Waals surface area contributed by atoms with Crippen molar-refractivity contribution in [3.05, 3.63) is 71.6 Å². The Bertz CT molecular complexity index is 1840. The quantitative estimate of drug-likeness (QED) is 0.283. The van der Waals surface area contributed by atoms with E-state index in [1.54, 1.807) is 16.4 Å². The number of hydrogen-bond donors (Lipinski definition) is 2. The summed E-state index contributed by atoms with van der Waals surface area (Å²) in [7, 11) is -3.61. The monoisotopic (exact) mass is 745 g/mol. The molecule has 6 aliphatic rings. The number of carboxylic acid groups (broad SMARTS) is 1. The standard InChI is InChI=1S/C44H60FN3O4S/c1-41(2)35(30-7-9-31(10-8-30)40(49)50)17-21-43(4)38(41)19-22-42(3)36-18-23-44(20-5-6-37(44)34(36)15-16-39(42)43)46-24-25-47-26-28-48(29-27-47)53(51,52)33-13-11-32(45)12-14-33/h7-14,17,34,36-39,46H,5-6,15-16,18-29H2,1-4H3,(H,49,50)/t34-,36?,37?,38?,39?,42-,43-,44-/m0/s1. The van der Waals surface area contributed by atoms with Crippen molar-refractivity contribution < 1.29 is 22.7 Å². The van der Waals surface area contributed by atoms with E-state index >= 15 is 0 Å². The van der Waals surface area contributed by atoms with E-state index in [0.29, 0.717) is 49.0 Å². The van der Waals surface area contributed by atoms with E-state index in [0.717, 1.165) is 37.3 Å². The summed E-state index contributed by atoms with van der Waals surface area (Å²) in [5, 5.41) is 13.6. The number of aromatic carboxylic acids is 1. The first-order valence-electron chi connectivity index (χ1n) is 20.5. The lowest BCUT2D eigenvalue weighted by Crippen LogP contribution is -2.64. The third kappa shape index (κ3) is 6.15. The maximum Gasteiger partial charge on any atom is 0.335 e. The minimum absolute atomic E-state index is 0.0243. The van der Waals surface area contributed by atoms with E-state index in [9.17, 15) is 22.7 Å². The number of nitrogens with zero attached hydrogens (tertiary/aromatic N) is 2. The molecule has 5 aliphatic carbocycles. The molecule has 0 radical (unpaired) electrons. The Kier molecular flexibility index (Phi) is 9.55. The van der Waals surface area contributed by atoms with Crippen LogP contribution in [0.1, 0.15) is 108 Å². The van der Waals surface area contributed by atoms with Crippen molar-refractivity contribution in [2.24, 2.45) is 45.8 Å². The number of fused-ring (bicyclic) bond motifs is 7. The van der Waals surface area contributed by atoms with Crippen LogP contribution in [0, 0.1) is 51.7 Å². The second-order valence-electron chi connectivity index (χ2n) is 18.7. The first kappa shape index (κ1) is 37.3. The average Bonchev–Trinajstić information content (AvgIpc) is 3.56. The van der Waals surface area contributed by atoms with Crippen molar-refractivity contribution in [2.75, 3.05) is 39.3 Å². The third-order valence-corrected chi connectivity index (χ3v) is 18.1. The van der Waals surface area contributed by atoms with E-state index in [1.807, 2.05) is 12.1 Å². The molecule has 1 saturated heterocycles. The van der Waals surface area contributed by atoms with E-state index in [-0.39, 0.29) is 21.3 Å². The van der Waals surface area contributed by atoms with Gasteiger partial charge in [0.25, 0.3) is 0 Å². The number of hydrogen-bond acceptors (Lipinski definition) is 5. The van der Waals surface area contributed by atoms with Gasteiger partial charge < -0.3 is 10.4 Å². The number of piperazine rings is 1. The summed E-state index contributed by atoms with van der Waals surface area (Å²) < 4.78 is 41.2. The van der Waals surface area contributed by atoms with Crippen LogP contribution in [0.15, 0.2) is 59.5 Å². The summed E-state index contributed by atoms with van der Waals surface area (Å²) in [5.74, 6) is 2.33. The fourth-order valence-electron chi connectivity index (χ4n) is 13.8. The Morgan fingerprint density at radius 1 is 0.830 bits per heavy atom. The van der Waals surface area contributed by atoms with Crippen molar-refractivity contribution >= 4 is 21.6 Å². The first-order valence-corrected chi connectivity index (χ1v) is 21.9. The zero-order valence-electron chi connectivity index (χ0n) is 32.2. The summed E-state index contributed by atoms with van der Waals surface area (Å²) in [6, 6.07) is 12.7. The van der Waals surface area contributed by atoms with Crippen LogP contribution in [0.3, 0.4) is 0 Å². The van der Waals surface area contributed by atoms with Crippen LogP contribution in [-0.4, -0.2) is 73.5 Å². The molecule has 7 nitrogen and oxygen atoms in total. The van der Waals surface area contributed by atoms with Gasteiger partial charge in [-0.05, 0) is 151 Å². The summed E-state index contributed by atoms with van der Waals surface area (Å²) in [6.45, 7) is 14.5. The second-order valence-corrected chi connectivity index (χ2v) is 20.7. The van der Waals surface area contributed by atoms with Gasteiger partial charge in [0, 0.05) is 44.8 Å². The fourth-order valence-corrected chi connectivity index (χ4v) is 15.2. The molecule has 8 rings (SSSR count). The van der Waals surface area contributed by atoms with Crippen molar-refractivity contribution in [3.8, 4) is 0 Å². The molecule has 9 heteroatoms. The number of benzene rings is 2. The predicted molar refractivity (Wildman–Crippen MR) is 207 cm³/mol. The number of rotatable bonds is 8. The molecule has 0 amide bonds. The molecule has 288 valence electrons. The Hall–Kier alpha value is -2.59. The van der Waals surface area contributed by atoms with Gasteiger partial charge in [0.1, 0.15) is 5.82 Å². The van der Waals surface area contributed by atoms with E-state index in [2.05, 4.69) is 44.0 Å². The SMILES string of the molecule is CC1(C)C(c2ccc(C(=O)O)cc2)=CC[C@@]2(C)C1CC[C@@]1(C)C3CC[C@@]4(NCCN5CCN(S(=O)(=O)c6ccc(F)cc6)CC5)CCCC4[C@H]3CCC12. The van der Waals surface area contributed by atoms with Gasteiger partial charge in [0.05, 0.1) is 10.5 Å². The molecule has 0 spiro atoms. The highest BCUT2D eigenvalue weighted by Crippen LogP contribution is 2.72. The second kappa shape index (κ2) is 13.6. The smallest absolute Gasteiger partial charge is 0.335 e. The van der Waals surface area contributed by atoms with Crippen molar-refractivity contribution in [1.29, 1.82) is 0 Å². The van der Waals surface area contributed by atoms with Gasteiger partial charge in [0.15, 0.2) is 0 Å². The normalized spacial score (nSPS) is 37.2. The molecule has 1 aliphatic heterocycles. The van der Waals surface area contributed by atoms with Crippen molar-refractivity contribution in [1.82, 2.24) is 14.5 Å². The van der Waals surface area contributed by atoms with Crippen LogP contribution >= 0.6 is 0 Å². The molecule has 0 bridgehead atoms. The lowest BCUT2D eigenvalue weighted by Gasteiger charge is -2.68. The number of nitrogens with one attached hydrogen (secondary N) is 1. The number of sulfonamides is 1. The number of allylic oxidation sites excluding steroid dienone is 2. The Balaban J connectivity index is 0.912. The fraction of sp³-hybridized carbons (Fsp3) is 0.659. The molecule has 2 N–H and O–H groups in total. The zero-order chi connectivity index (χ0) is 37.4. The van der Waals surface area contributed by atoms with Crippen LogP contribution in [0.25, 0.3) is 5.57 Å².